The van der Waals surface area contributed by atoms with Gasteiger partial charge in [0.2, 0.25) is 9.47 Å². The lowest BCUT2D eigenvalue weighted by atomic mass is 9.94. The van der Waals surface area contributed by atoms with Crippen molar-refractivity contribution in [3.05, 3.63) is 35.4 Å². The first-order valence-corrected chi connectivity index (χ1v) is 10.6. The molecule has 1 aromatic heterocycles. The first kappa shape index (κ1) is 20.5. The van der Waals surface area contributed by atoms with Crippen molar-refractivity contribution < 1.29 is 13.2 Å². The molecule has 26 heavy (non-hydrogen) atoms. The highest BCUT2D eigenvalue weighted by Crippen LogP contribution is 2.23. The van der Waals surface area contributed by atoms with Crippen LogP contribution in [0.2, 0.25) is 0 Å². The van der Waals surface area contributed by atoms with E-state index in [0.717, 1.165) is 16.9 Å². The number of rotatable bonds is 7. The normalized spacial score (nSPS) is 12.2. The van der Waals surface area contributed by atoms with Gasteiger partial charge < -0.3 is 0 Å². The Labute approximate surface area is 158 Å². The van der Waals surface area contributed by atoms with Gasteiger partial charge in [0.05, 0.1) is 0 Å². The summed E-state index contributed by atoms with van der Waals surface area (Å²) in [6.07, 6.45) is 0. The molecule has 2 aromatic rings. The number of hydrogen-bond acceptors (Lipinski definition) is 6. The smallest absolute Gasteiger partial charge is 0.270 e. The monoisotopic (exact) mass is 396 g/mol. The Morgan fingerprint density at radius 2 is 1.69 bits per heavy atom. The summed E-state index contributed by atoms with van der Waals surface area (Å²) in [5.41, 5.74) is 1.32. The van der Waals surface area contributed by atoms with Crippen molar-refractivity contribution in [1.29, 1.82) is 0 Å². The predicted octanol–water partition coefficient (Wildman–Crippen LogP) is 3.06. The van der Waals surface area contributed by atoms with E-state index in [1.165, 1.54) is 0 Å². The van der Waals surface area contributed by atoms with Crippen LogP contribution in [0.1, 0.15) is 43.6 Å². The van der Waals surface area contributed by atoms with Gasteiger partial charge in [-0.25, -0.2) is 13.1 Å². The predicted molar refractivity (Wildman–Crippen MR) is 103 cm³/mol. The maximum atomic E-state index is 12.6. The highest BCUT2D eigenvalue weighted by Gasteiger charge is 2.28. The number of aryl methyl sites for hydroxylation is 1. The van der Waals surface area contributed by atoms with E-state index >= 15 is 0 Å². The Morgan fingerprint density at radius 1 is 1.08 bits per heavy atom. The van der Waals surface area contributed by atoms with Crippen LogP contribution >= 0.6 is 11.3 Å². The lowest BCUT2D eigenvalue weighted by molar-refractivity contribution is 0.102. The molecule has 0 saturated heterocycles. The van der Waals surface area contributed by atoms with Crippen LogP contribution in [0, 0.1) is 18.8 Å². The Hall–Kier alpha value is -1.84. The second kappa shape index (κ2) is 8.24. The molecule has 0 spiro atoms. The standard InChI is InChI=1S/C17H24N4O3S2/c1-10(2)14(11(3)4)21-26(23,24)17-20-19-16(25-17)18-15(22)13-9-7-6-8-12(13)5/h6-11,14,21H,1-5H3,(H,18,19,22). The third-order valence-corrected chi connectivity index (χ3v) is 6.64. The van der Waals surface area contributed by atoms with Crippen LogP contribution in [-0.4, -0.2) is 30.6 Å². The van der Waals surface area contributed by atoms with Crippen molar-refractivity contribution in [1.82, 2.24) is 14.9 Å². The van der Waals surface area contributed by atoms with Crippen LogP contribution in [0.25, 0.3) is 0 Å². The molecule has 9 heteroatoms. The molecule has 0 aliphatic heterocycles. The summed E-state index contributed by atoms with van der Waals surface area (Å²) < 4.78 is 27.6. The van der Waals surface area contributed by atoms with Crippen LogP contribution in [0.4, 0.5) is 5.13 Å². The van der Waals surface area contributed by atoms with Crippen LogP contribution in [0.15, 0.2) is 28.6 Å². The molecule has 0 radical (unpaired) electrons. The molecule has 0 aliphatic rings. The second-order valence-corrected chi connectivity index (χ2v) is 9.64. The fourth-order valence-electron chi connectivity index (χ4n) is 2.63. The highest BCUT2D eigenvalue weighted by molar-refractivity contribution is 7.91. The van der Waals surface area contributed by atoms with E-state index in [1.54, 1.807) is 12.1 Å². The maximum absolute atomic E-state index is 12.6. The van der Waals surface area contributed by atoms with Gasteiger partial charge >= 0.3 is 0 Å². The molecule has 0 saturated carbocycles. The number of hydrogen-bond donors (Lipinski definition) is 2. The van der Waals surface area contributed by atoms with Crippen molar-refractivity contribution in [2.45, 2.75) is 45.0 Å². The number of nitrogens with one attached hydrogen (secondary N) is 2. The summed E-state index contributed by atoms with van der Waals surface area (Å²) in [5, 5.41) is 10.3. The Morgan fingerprint density at radius 3 is 2.27 bits per heavy atom. The quantitative estimate of drug-likeness (QED) is 0.701. The molecule has 1 heterocycles. The number of carbonyl (C=O) groups is 1. The molecule has 2 N–H and O–H groups in total. The van der Waals surface area contributed by atoms with Gasteiger partial charge in [-0.2, -0.15) is 0 Å². The van der Waals surface area contributed by atoms with E-state index in [1.807, 2.05) is 46.8 Å². The summed E-state index contributed by atoms with van der Waals surface area (Å²) in [6, 6.07) is 6.91. The molecule has 1 aromatic carbocycles. The zero-order valence-electron chi connectivity index (χ0n) is 15.5. The number of nitrogens with zero attached hydrogens (tertiary/aromatic N) is 2. The van der Waals surface area contributed by atoms with E-state index in [9.17, 15) is 13.2 Å². The summed E-state index contributed by atoms with van der Waals surface area (Å²) in [4.78, 5) is 12.3. The molecule has 2 rings (SSSR count). The van der Waals surface area contributed by atoms with Gasteiger partial charge in [-0.3, -0.25) is 10.1 Å². The van der Waals surface area contributed by atoms with Crippen molar-refractivity contribution in [3.8, 4) is 0 Å². The topological polar surface area (TPSA) is 101 Å². The number of aromatic nitrogens is 2. The number of sulfonamides is 1. The molecule has 7 nitrogen and oxygen atoms in total. The first-order chi connectivity index (χ1) is 12.1. The van der Waals surface area contributed by atoms with Gasteiger partial charge in [-0.1, -0.05) is 57.2 Å². The molecule has 0 bridgehead atoms. The van der Waals surface area contributed by atoms with Gasteiger partial charge in [0.15, 0.2) is 0 Å². The first-order valence-electron chi connectivity index (χ1n) is 8.34. The largest absolute Gasteiger partial charge is 0.296 e. The third-order valence-electron chi connectivity index (χ3n) is 3.97. The van der Waals surface area contributed by atoms with Crippen molar-refractivity contribution in [3.63, 3.8) is 0 Å². The number of anilines is 1. The van der Waals surface area contributed by atoms with Gasteiger partial charge in [-0.15, -0.1) is 10.2 Å². The van der Waals surface area contributed by atoms with Gasteiger partial charge in [-0.05, 0) is 30.4 Å². The van der Waals surface area contributed by atoms with E-state index in [2.05, 4.69) is 20.2 Å². The average molecular weight is 397 g/mol. The lowest BCUT2D eigenvalue weighted by Crippen LogP contribution is -2.42. The van der Waals surface area contributed by atoms with Crippen LogP contribution in [0.3, 0.4) is 0 Å². The summed E-state index contributed by atoms with van der Waals surface area (Å²) in [6.45, 7) is 9.66. The van der Waals surface area contributed by atoms with Crippen molar-refractivity contribution in [2.75, 3.05) is 5.32 Å². The van der Waals surface area contributed by atoms with Gasteiger partial charge in [0.1, 0.15) is 0 Å². The molecule has 0 atom stereocenters. The molecule has 0 aliphatic carbocycles. The van der Waals surface area contributed by atoms with E-state index in [4.69, 9.17) is 0 Å². The Kier molecular flexibility index (Phi) is 6.48. The summed E-state index contributed by atoms with van der Waals surface area (Å²) >= 11 is 0.829. The third kappa shape index (κ3) is 4.87. The Balaban J connectivity index is 2.16. The second-order valence-electron chi connectivity index (χ2n) is 6.78. The summed E-state index contributed by atoms with van der Waals surface area (Å²) in [5.74, 6) is -0.0748. The molecular formula is C17H24N4O3S2. The summed E-state index contributed by atoms with van der Waals surface area (Å²) in [7, 11) is -3.79. The fraction of sp³-hybridized carbons (Fsp3) is 0.471. The highest BCUT2D eigenvalue weighted by atomic mass is 32.2. The zero-order chi connectivity index (χ0) is 19.5. The maximum Gasteiger partial charge on any atom is 0.270 e. The van der Waals surface area contributed by atoms with E-state index in [-0.39, 0.29) is 33.3 Å². The van der Waals surface area contributed by atoms with E-state index in [0.29, 0.717) is 5.56 Å². The van der Waals surface area contributed by atoms with Gasteiger partial charge in [0.25, 0.3) is 15.9 Å². The molecule has 1 amide bonds. The van der Waals surface area contributed by atoms with Crippen molar-refractivity contribution in [2.24, 2.45) is 11.8 Å². The lowest BCUT2D eigenvalue weighted by Gasteiger charge is -2.24. The van der Waals surface area contributed by atoms with Gasteiger partial charge in [0, 0.05) is 11.6 Å². The fourth-order valence-corrected chi connectivity index (χ4v) is 5.08. The Bertz CT molecular complexity index is 868. The molecule has 0 unspecified atom stereocenters. The minimum absolute atomic E-state index is 0.137. The van der Waals surface area contributed by atoms with Crippen LogP contribution in [-0.2, 0) is 10.0 Å². The molecule has 142 valence electrons. The van der Waals surface area contributed by atoms with Crippen LogP contribution < -0.4 is 10.0 Å². The minimum atomic E-state index is -3.79. The minimum Gasteiger partial charge on any atom is -0.296 e. The number of benzene rings is 1. The average Bonchev–Trinajstić information content (AvgIpc) is 3.02. The van der Waals surface area contributed by atoms with Crippen molar-refractivity contribution >= 4 is 32.4 Å². The van der Waals surface area contributed by atoms with Crippen LogP contribution in [0.5, 0.6) is 0 Å². The van der Waals surface area contributed by atoms with E-state index < -0.39 is 10.0 Å². The SMILES string of the molecule is Cc1ccccc1C(=O)Nc1nnc(S(=O)(=O)NC(C(C)C)C(C)C)s1. The molecular weight excluding hydrogens is 372 g/mol. The molecule has 0 fully saturated rings. The number of amides is 1. The zero-order valence-corrected chi connectivity index (χ0v) is 17.1. The number of carbonyl (C=O) groups excluding carboxylic acids is 1.